The number of rotatable bonds is 3. The molecule has 2 heterocycles. The number of anilines is 1. The van der Waals surface area contributed by atoms with Crippen LogP contribution in [0.3, 0.4) is 0 Å². The Morgan fingerprint density at radius 2 is 2.04 bits per heavy atom. The van der Waals surface area contributed by atoms with Gasteiger partial charge < -0.3 is 20.1 Å². The van der Waals surface area contributed by atoms with Crippen LogP contribution in [0.15, 0.2) is 18.2 Å². The number of methoxy groups -OCH3 is 2. The average Bonchev–Trinajstić information content (AvgIpc) is 2.98. The van der Waals surface area contributed by atoms with Crippen LogP contribution in [0.4, 0.5) is 5.00 Å². The first-order valence-electron chi connectivity index (χ1n) is 8.54. The summed E-state index contributed by atoms with van der Waals surface area (Å²) in [4.78, 5) is 14.2. The highest BCUT2D eigenvalue weighted by Crippen LogP contribution is 2.43. The second kappa shape index (κ2) is 6.26. The Morgan fingerprint density at radius 1 is 1.20 bits per heavy atom. The molecule has 0 saturated carbocycles. The first kappa shape index (κ1) is 16.3. The normalized spacial score (nSPS) is 21.6. The molecule has 0 unspecified atom stereocenters. The third kappa shape index (κ3) is 2.74. The van der Waals surface area contributed by atoms with E-state index in [-0.39, 0.29) is 12.1 Å². The molecule has 1 aromatic carbocycles. The molecule has 1 amide bonds. The largest absolute Gasteiger partial charge is 0.497 e. The molecule has 2 N–H and O–H groups in total. The number of hydrogen-bond donors (Lipinski definition) is 2. The van der Waals surface area contributed by atoms with Crippen molar-refractivity contribution in [2.75, 3.05) is 19.5 Å². The Hall–Kier alpha value is -2.21. The molecule has 132 valence electrons. The quantitative estimate of drug-likeness (QED) is 0.877. The van der Waals surface area contributed by atoms with Gasteiger partial charge in [-0.2, -0.15) is 0 Å². The van der Waals surface area contributed by atoms with Crippen LogP contribution in [0, 0.1) is 5.92 Å². The highest BCUT2D eigenvalue weighted by atomic mass is 32.1. The highest BCUT2D eigenvalue weighted by Gasteiger charge is 2.34. The van der Waals surface area contributed by atoms with Gasteiger partial charge in [0, 0.05) is 10.4 Å². The number of hydrogen-bond acceptors (Lipinski definition) is 5. The zero-order chi connectivity index (χ0) is 17.6. The average molecular weight is 358 g/mol. The van der Waals surface area contributed by atoms with E-state index < -0.39 is 0 Å². The van der Waals surface area contributed by atoms with Crippen molar-refractivity contribution in [3.8, 4) is 11.5 Å². The lowest BCUT2D eigenvalue weighted by molar-refractivity contribution is 0.0934. The third-order valence-corrected chi connectivity index (χ3v) is 6.22. The summed E-state index contributed by atoms with van der Waals surface area (Å²) in [5.74, 6) is 2.13. The summed E-state index contributed by atoms with van der Waals surface area (Å²) in [6.45, 7) is 2.28. The fraction of sp³-hybridized carbons (Fsp3) is 0.421. The minimum absolute atomic E-state index is 0.00400. The van der Waals surface area contributed by atoms with Crippen molar-refractivity contribution < 1.29 is 14.3 Å². The van der Waals surface area contributed by atoms with Crippen molar-refractivity contribution in [3.05, 3.63) is 39.8 Å². The van der Waals surface area contributed by atoms with Crippen molar-refractivity contribution in [1.29, 1.82) is 0 Å². The number of thiophene rings is 1. The van der Waals surface area contributed by atoms with Gasteiger partial charge in [-0.1, -0.05) is 6.92 Å². The number of amides is 1. The molecule has 0 saturated heterocycles. The van der Waals surface area contributed by atoms with E-state index in [0.717, 1.165) is 46.9 Å². The lowest BCUT2D eigenvalue weighted by Crippen LogP contribution is -2.38. The molecule has 0 fully saturated rings. The van der Waals surface area contributed by atoms with Gasteiger partial charge >= 0.3 is 0 Å². The molecule has 2 aromatic rings. The van der Waals surface area contributed by atoms with Crippen molar-refractivity contribution in [2.45, 2.75) is 32.4 Å². The van der Waals surface area contributed by atoms with Crippen LogP contribution in [0.1, 0.15) is 45.9 Å². The van der Waals surface area contributed by atoms with Crippen LogP contribution < -0.4 is 20.1 Å². The van der Waals surface area contributed by atoms with E-state index in [2.05, 4.69) is 17.6 Å². The standard InChI is InChI=1S/C19H22N2O3S/c1-10-4-6-12-15(8-10)25-19-16(12)18(22)20-17(21-19)13-9-11(23-2)5-7-14(13)24-3/h5,7,9-10,17,21H,4,6,8H2,1-3H3,(H,20,22)/t10-,17+/m0/s1. The number of fused-ring (bicyclic) bond motifs is 3. The summed E-state index contributed by atoms with van der Waals surface area (Å²) in [7, 11) is 3.26. The molecule has 4 rings (SSSR count). The van der Waals surface area contributed by atoms with Crippen LogP contribution in [-0.2, 0) is 12.8 Å². The first-order chi connectivity index (χ1) is 12.1. The van der Waals surface area contributed by atoms with Gasteiger partial charge in [-0.3, -0.25) is 4.79 Å². The van der Waals surface area contributed by atoms with E-state index in [1.54, 1.807) is 25.6 Å². The SMILES string of the molecule is COc1ccc(OC)c([C@@H]2NC(=O)c3c(sc4c3CC[C@H](C)C4)N2)c1. The number of benzene rings is 1. The third-order valence-electron chi connectivity index (χ3n) is 5.04. The van der Waals surface area contributed by atoms with Gasteiger partial charge in [-0.05, 0) is 48.9 Å². The van der Waals surface area contributed by atoms with Crippen LogP contribution >= 0.6 is 11.3 Å². The summed E-state index contributed by atoms with van der Waals surface area (Å²) in [6, 6.07) is 5.61. The Balaban J connectivity index is 1.72. The van der Waals surface area contributed by atoms with Gasteiger partial charge in [-0.25, -0.2) is 0 Å². The summed E-state index contributed by atoms with van der Waals surface area (Å²) in [6.07, 6.45) is 2.87. The summed E-state index contributed by atoms with van der Waals surface area (Å²) < 4.78 is 10.8. The Kier molecular flexibility index (Phi) is 4.07. The zero-order valence-electron chi connectivity index (χ0n) is 14.6. The molecule has 2 atom stereocenters. The second-order valence-electron chi connectivity index (χ2n) is 6.71. The van der Waals surface area contributed by atoms with Gasteiger partial charge in [0.05, 0.1) is 19.8 Å². The molecule has 0 spiro atoms. The lowest BCUT2D eigenvalue weighted by atomic mass is 9.88. The lowest BCUT2D eigenvalue weighted by Gasteiger charge is -2.28. The van der Waals surface area contributed by atoms with Crippen molar-refractivity contribution in [3.63, 3.8) is 0 Å². The fourth-order valence-corrected chi connectivity index (χ4v) is 5.12. The predicted molar refractivity (Wildman–Crippen MR) is 98.9 cm³/mol. The maximum absolute atomic E-state index is 12.8. The van der Waals surface area contributed by atoms with E-state index in [1.165, 1.54) is 10.4 Å². The molecule has 25 heavy (non-hydrogen) atoms. The van der Waals surface area contributed by atoms with E-state index >= 15 is 0 Å². The summed E-state index contributed by atoms with van der Waals surface area (Å²) in [5, 5.41) is 7.55. The van der Waals surface area contributed by atoms with Gasteiger partial charge in [0.25, 0.3) is 5.91 Å². The molecule has 1 aliphatic carbocycles. The number of ether oxygens (including phenoxy) is 2. The van der Waals surface area contributed by atoms with E-state index in [0.29, 0.717) is 5.92 Å². The Bertz CT molecular complexity index is 830. The summed E-state index contributed by atoms with van der Waals surface area (Å²) in [5.41, 5.74) is 2.93. The predicted octanol–water partition coefficient (Wildman–Crippen LogP) is 3.74. The molecule has 2 aliphatic rings. The van der Waals surface area contributed by atoms with Crippen LogP contribution in [0.25, 0.3) is 0 Å². The van der Waals surface area contributed by atoms with Gasteiger partial charge in [0.15, 0.2) is 0 Å². The van der Waals surface area contributed by atoms with Gasteiger partial charge in [-0.15, -0.1) is 11.3 Å². The molecule has 0 radical (unpaired) electrons. The van der Waals surface area contributed by atoms with Crippen molar-refractivity contribution >= 4 is 22.2 Å². The summed E-state index contributed by atoms with van der Waals surface area (Å²) >= 11 is 1.72. The Morgan fingerprint density at radius 3 is 2.80 bits per heavy atom. The Labute approximate surface area is 151 Å². The molecule has 6 heteroatoms. The number of nitrogens with one attached hydrogen (secondary N) is 2. The molecule has 5 nitrogen and oxygen atoms in total. The molecule has 1 aromatic heterocycles. The maximum Gasteiger partial charge on any atom is 0.256 e. The number of carbonyl (C=O) groups excluding carboxylic acids is 1. The second-order valence-corrected chi connectivity index (χ2v) is 7.82. The highest BCUT2D eigenvalue weighted by molar-refractivity contribution is 7.16. The van der Waals surface area contributed by atoms with Crippen LogP contribution in [0.2, 0.25) is 0 Å². The van der Waals surface area contributed by atoms with Gasteiger partial charge in [0.2, 0.25) is 0 Å². The topological polar surface area (TPSA) is 59.6 Å². The molecular weight excluding hydrogens is 336 g/mol. The molecular formula is C19H22N2O3S. The van der Waals surface area contributed by atoms with Gasteiger partial charge in [0.1, 0.15) is 22.7 Å². The van der Waals surface area contributed by atoms with E-state index in [1.807, 2.05) is 18.2 Å². The van der Waals surface area contributed by atoms with E-state index in [4.69, 9.17) is 9.47 Å². The van der Waals surface area contributed by atoms with Crippen molar-refractivity contribution in [2.24, 2.45) is 5.92 Å². The van der Waals surface area contributed by atoms with Crippen LogP contribution in [-0.4, -0.2) is 20.1 Å². The first-order valence-corrected chi connectivity index (χ1v) is 9.36. The number of carbonyl (C=O) groups is 1. The van der Waals surface area contributed by atoms with E-state index in [9.17, 15) is 4.79 Å². The zero-order valence-corrected chi connectivity index (χ0v) is 15.5. The smallest absolute Gasteiger partial charge is 0.256 e. The fourth-order valence-electron chi connectivity index (χ4n) is 3.68. The molecule has 0 bridgehead atoms. The van der Waals surface area contributed by atoms with Crippen molar-refractivity contribution in [1.82, 2.24) is 5.32 Å². The minimum atomic E-state index is -0.331. The monoisotopic (exact) mass is 358 g/mol. The minimum Gasteiger partial charge on any atom is -0.497 e. The maximum atomic E-state index is 12.8. The van der Waals surface area contributed by atoms with Crippen LogP contribution in [0.5, 0.6) is 11.5 Å². The molecule has 1 aliphatic heterocycles.